The first-order valence-corrected chi connectivity index (χ1v) is 6.10. The average Bonchev–Trinajstić information content (AvgIpc) is 2.33. The lowest BCUT2D eigenvalue weighted by molar-refractivity contribution is -0.383. The van der Waals surface area contributed by atoms with Crippen molar-refractivity contribution in [3.05, 3.63) is 56.3 Å². The Morgan fingerprint density at radius 1 is 1.25 bits per heavy atom. The van der Waals surface area contributed by atoms with E-state index in [2.05, 4.69) is 5.32 Å². The first-order chi connectivity index (χ1) is 9.40. The highest BCUT2D eigenvalue weighted by Gasteiger charge is 2.19. The number of para-hydroxylation sites is 1. The summed E-state index contributed by atoms with van der Waals surface area (Å²) < 4.78 is 13.1. The van der Waals surface area contributed by atoms with Crippen molar-refractivity contribution in [2.45, 2.75) is 0 Å². The summed E-state index contributed by atoms with van der Waals surface area (Å²) >= 11 is 11.7. The molecule has 8 heteroatoms. The highest BCUT2D eigenvalue weighted by Crippen LogP contribution is 2.38. The van der Waals surface area contributed by atoms with Crippen LogP contribution in [0.4, 0.5) is 27.1 Å². The van der Waals surface area contributed by atoms with E-state index in [1.54, 1.807) is 0 Å². The van der Waals surface area contributed by atoms with E-state index in [1.807, 2.05) is 0 Å². The molecule has 3 N–H and O–H groups in total. The van der Waals surface area contributed by atoms with Gasteiger partial charge in [-0.15, -0.1) is 0 Å². The predicted molar refractivity (Wildman–Crippen MR) is 77.2 cm³/mol. The Morgan fingerprint density at radius 3 is 2.40 bits per heavy atom. The van der Waals surface area contributed by atoms with Crippen molar-refractivity contribution in [2.75, 3.05) is 11.1 Å². The van der Waals surface area contributed by atoms with E-state index in [0.29, 0.717) is 0 Å². The Hall–Kier alpha value is -2.05. The quantitative estimate of drug-likeness (QED) is 0.500. The number of nitrogen functional groups attached to an aromatic ring is 1. The number of anilines is 3. The Morgan fingerprint density at radius 2 is 1.85 bits per heavy atom. The van der Waals surface area contributed by atoms with Gasteiger partial charge in [0, 0.05) is 0 Å². The van der Waals surface area contributed by atoms with E-state index in [4.69, 9.17) is 28.9 Å². The highest BCUT2D eigenvalue weighted by molar-refractivity contribution is 6.39. The first-order valence-electron chi connectivity index (χ1n) is 5.34. The van der Waals surface area contributed by atoms with Crippen LogP contribution in [0, 0.1) is 15.9 Å². The Bertz CT molecular complexity index is 671. The van der Waals surface area contributed by atoms with Gasteiger partial charge in [0.2, 0.25) is 0 Å². The number of hydrogen-bond donors (Lipinski definition) is 2. The fourth-order valence-electron chi connectivity index (χ4n) is 1.66. The number of nitrogens with one attached hydrogen (secondary N) is 1. The average molecular weight is 316 g/mol. The van der Waals surface area contributed by atoms with E-state index < -0.39 is 10.7 Å². The SMILES string of the molecule is Nc1cccc(Nc2c(Cl)cc(F)cc2Cl)c1[N+](=O)[O-]. The van der Waals surface area contributed by atoms with Crippen LogP contribution >= 0.6 is 23.2 Å². The molecule has 0 heterocycles. The summed E-state index contributed by atoms with van der Waals surface area (Å²) in [6, 6.07) is 6.49. The van der Waals surface area contributed by atoms with Crippen molar-refractivity contribution in [1.29, 1.82) is 0 Å². The Kier molecular flexibility index (Phi) is 3.96. The molecule has 0 fully saturated rings. The van der Waals surface area contributed by atoms with Gasteiger partial charge in [-0.1, -0.05) is 29.3 Å². The maximum atomic E-state index is 13.1. The number of nitrogens with two attached hydrogens (primary N) is 1. The Labute approximate surface area is 123 Å². The molecule has 0 aliphatic carbocycles. The van der Waals surface area contributed by atoms with Gasteiger partial charge in [-0.05, 0) is 24.3 Å². The van der Waals surface area contributed by atoms with Crippen molar-refractivity contribution < 1.29 is 9.31 Å². The number of nitro groups is 1. The molecule has 0 aliphatic heterocycles. The zero-order chi connectivity index (χ0) is 14.9. The molecular formula is C12H8Cl2FN3O2. The second-order valence-electron chi connectivity index (χ2n) is 3.87. The van der Waals surface area contributed by atoms with Crippen molar-refractivity contribution in [2.24, 2.45) is 0 Å². The van der Waals surface area contributed by atoms with Crippen molar-refractivity contribution in [1.82, 2.24) is 0 Å². The van der Waals surface area contributed by atoms with Crippen LogP contribution in [0.25, 0.3) is 0 Å². The number of halogens is 3. The molecule has 0 saturated heterocycles. The van der Waals surface area contributed by atoms with E-state index in [-0.39, 0.29) is 32.8 Å². The van der Waals surface area contributed by atoms with E-state index in [9.17, 15) is 14.5 Å². The molecule has 0 atom stereocenters. The summed E-state index contributed by atoms with van der Waals surface area (Å²) in [4.78, 5) is 10.4. The third-order valence-electron chi connectivity index (χ3n) is 2.52. The molecule has 2 aromatic carbocycles. The zero-order valence-electron chi connectivity index (χ0n) is 9.86. The molecule has 2 aromatic rings. The van der Waals surface area contributed by atoms with E-state index in [1.165, 1.54) is 18.2 Å². The molecule has 0 saturated carbocycles. The summed E-state index contributed by atoms with van der Waals surface area (Å²) in [6.45, 7) is 0. The first kappa shape index (κ1) is 14.4. The third kappa shape index (κ3) is 2.76. The number of benzene rings is 2. The molecule has 0 radical (unpaired) electrons. The minimum atomic E-state index is -0.622. The summed E-state index contributed by atoms with van der Waals surface area (Å²) in [5, 5.41) is 13.7. The molecule has 2 rings (SSSR count). The smallest absolute Gasteiger partial charge is 0.315 e. The summed E-state index contributed by atoms with van der Waals surface area (Å²) in [5.74, 6) is -0.604. The predicted octanol–water partition coefficient (Wildman–Crippen LogP) is 4.37. The van der Waals surface area contributed by atoms with Crippen LogP contribution < -0.4 is 11.1 Å². The van der Waals surface area contributed by atoms with Gasteiger partial charge in [-0.2, -0.15) is 0 Å². The van der Waals surface area contributed by atoms with Gasteiger partial charge >= 0.3 is 5.69 Å². The molecule has 5 nitrogen and oxygen atoms in total. The van der Waals surface area contributed by atoms with Crippen molar-refractivity contribution in [3.8, 4) is 0 Å². The summed E-state index contributed by atoms with van der Waals surface area (Å²) in [5.41, 5.74) is 5.55. The fourth-order valence-corrected chi connectivity index (χ4v) is 2.22. The lowest BCUT2D eigenvalue weighted by Crippen LogP contribution is -2.01. The van der Waals surface area contributed by atoms with Gasteiger partial charge in [0.25, 0.3) is 0 Å². The summed E-state index contributed by atoms with van der Waals surface area (Å²) in [6.07, 6.45) is 0. The number of rotatable bonds is 3. The standard InChI is InChI=1S/C12H8Cl2FN3O2/c13-7-4-6(15)5-8(14)11(7)17-10-3-1-2-9(16)12(10)18(19)20/h1-5,17H,16H2. The topological polar surface area (TPSA) is 81.2 Å². The normalized spacial score (nSPS) is 10.3. The lowest BCUT2D eigenvalue weighted by Gasteiger charge is -2.11. The molecule has 0 aromatic heterocycles. The third-order valence-corrected chi connectivity index (χ3v) is 3.11. The van der Waals surface area contributed by atoms with Crippen molar-refractivity contribution in [3.63, 3.8) is 0 Å². The van der Waals surface area contributed by atoms with Gasteiger partial charge in [0.05, 0.1) is 20.7 Å². The fraction of sp³-hybridized carbons (Fsp3) is 0. The van der Waals surface area contributed by atoms with Gasteiger partial charge < -0.3 is 11.1 Å². The number of nitrogens with zero attached hydrogens (tertiary/aromatic N) is 1. The molecule has 0 amide bonds. The Balaban J connectivity index is 2.51. The van der Waals surface area contributed by atoms with E-state index in [0.717, 1.165) is 12.1 Å². The maximum absolute atomic E-state index is 13.1. The highest BCUT2D eigenvalue weighted by atomic mass is 35.5. The minimum Gasteiger partial charge on any atom is -0.393 e. The molecule has 104 valence electrons. The number of nitro benzene ring substituents is 1. The van der Waals surface area contributed by atoms with Crippen molar-refractivity contribution >= 4 is 46.0 Å². The minimum absolute atomic E-state index is 0.00523. The van der Waals surface area contributed by atoms with Crippen LogP contribution in [0.15, 0.2) is 30.3 Å². The molecule has 0 unspecified atom stereocenters. The largest absolute Gasteiger partial charge is 0.393 e. The van der Waals surface area contributed by atoms with Gasteiger partial charge in [0.15, 0.2) is 0 Å². The second kappa shape index (κ2) is 5.52. The van der Waals surface area contributed by atoms with Crippen LogP contribution in [0.5, 0.6) is 0 Å². The van der Waals surface area contributed by atoms with E-state index >= 15 is 0 Å². The van der Waals surface area contributed by atoms with Crippen LogP contribution in [0.3, 0.4) is 0 Å². The van der Waals surface area contributed by atoms with Gasteiger partial charge in [0.1, 0.15) is 17.2 Å². The second-order valence-corrected chi connectivity index (χ2v) is 4.68. The van der Waals surface area contributed by atoms with Crippen LogP contribution in [0.2, 0.25) is 10.0 Å². The number of hydrogen-bond acceptors (Lipinski definition) is 4. The van der Waals surface area contributed by atoms with Crippen LogP contribution in [-0.2, 0) is 0 Å². The zero-order valence-corrected chi connectivity index (χ0v) is 11.4. The molecular weight excluding hydrogens is 308 g/mol. The monoisotopic (exact) mass is 315 g/mol. The summed E-state index contributed by atoms with van der Waals surface area (Å²) in [7, 11) is 0. The maximum Gasteiger partial charge on any atom is 0.315 e. The molecule has 0 aliphatic rings. The van der Waals surface area contributed by atoms with Crippen LogP contribution in [0.1, 0.15) is 0 Å². The molecule has 0 spiro atoms. The lowest BCUT2D eigenvalue weighted by atomic mass is 10.2. The van der Waals surface area contributed by atoms with Crippen LogP contribution in [-0.4, -0.2) is 4.92 Å². The van der Waals surface area contributed by atoms with Gasteiger partial charge in [-0.25, -0.2) is 4.39 Å². The molecule has 20 heavy (non-hydrogen) atoms. The van der Waals surface area contributed by atoms with Gasteiger partial charge in [-0.3, -0.25) is 10.1 Å². The molecule has 0 bridgehead atoms.